The Kier molecular flexibility index (Phi) is 6.27. The molecule has 0 unspecified atom stereocenters. The lowest BCUT2D eigenvalue weighted by Gasteiger charge is -2.26. The molecule has 0 aliphatic rings. The van der Waals surface area contributed by atoms with Crippen molar-refractivity contribution in [3.05, 3.63) is 80.3 Å². The molecule has 172 valence electrons. The van der Waals surface area contributed by atoms with Crippen molar-refractivity contribution in [2.24, 2.45) is 7.05 Å². The standard InChI is InChI=1S/C23H27N7O3/c1-15-18-11-17(12-25-21(18)28(2)27-15)13-29(9-10-33-3)19-20(24)30(23(32)26-22(19)31)14-16-7-5-4-6-8-16/h4-8,11-12H,9-10,13-14,24H2,1-3H3,(H,26,31,32). The number of aryl methyl sites for hydroxylation is 2. The second-order valence-corrected chi connectivity index (χ2v) is 7.90. The Morgan fingerprint density at radius 1 is 1.18 bits per heavy atom. The molecule has 0 atom stereocenters. The van der Waals surface area contributed by atoms with Gasteiger partial charge in [0.1, 0.15) is 11.5 Å². The lowest BCUT2D eigenvalue weighted by atomic mass is 10.2. The van der Waals surface area contributed by atoms with Crippen LogP contribution in [0.2, 0.25) is 0 Å². The zero-order valence-corrected chi connectivity index (χ0v) is 18.9. The Balaban J connectivity index is 1.75. The summed E-state index contributed by atoms with van der Waals surface area (Å²) in [4.78, 5) is 34.2. The van der Waals surface area contributed by atoms with E-state index in [2.05, 4.69) is 15.1 Å². The van der Waals surface area contributed by atoms with E-state index in [4.69, 9.17) is 10.5 Å². The number of anilines is 2. The third-order valence-electron chi connectivity index (χ3n) is 5.57. The Morgan fingerprint density at radius 2 is 1.94 bits per heavy atom. The van der Waals surface area contributed by atoms with Crippen molar-refractivity contribution in [1.29, 1.82) is 0 Å². The number of nitrogens with zero attached hydrogens (tertiary/aromatic N) is 5. The highest BCUT2D eigenvalue weighted by Crippen LogP contribution is 2.22. The van der Waals surface area contributed by atoms with Crippen LogP contribution < -0.4 is 21.9 Å². The fourth-order valence-corrected chi connectivity index (χ4v) is 3.94. The Hall–Kier alpha value is -3.92. The van der Waals surface area contributed by atoms with Crippen LogP contribution in [0.3, 0.4) is 0 Å². The van der Waals surface area contributed by atoms with Gasteiger partial charge in [0.05, 0.1) is 18.8 Å². The maximum Gasteiger partial charge on any atom is 0.330 e. The molecule has 4 aromatic rings. The summed E-state index contributed by atoms with van der Waals surface area (Å²) in [5.74, 6) is 0.107. The zero-order chi connectivity index (χ0) is 23.5. The molecule has 0 saturated heterocycles. The highest BCUT2D eigenvalue weighted by Gasteiger charge is 2.20. The summed E-state index contributed by atoms with van der Waals surface area (Å²) in [7, 11) is 3.44. The molecule has 0 saturated carbocycles. The molecular formula is C23H27N7O3. The van der Waals surface area contributed by atoms with Crippen molar-refractivity contribution < 1.29 is 4.74 Å². The molecule has 3 heterocycles. The van der Waals surface area contributed by atoms with Crippen molar-refractivity contribution >= 4 is 22.5 Å². The van der Waals surface area contributed by atoms with E-state index in [1.54, 1.807) is 18.0 Å². The highest BCUT2D eigenvalue weighted by atomic mass is 16.5. The van der Waals surface area contributed by atoms with E-state index < -0.39 is 11.2 Å². The van der Waals surface area contributed by atoms with Crippen LogP contribution in [0.1, 0.15) is 16.8 Å². The number of hydrogen-bond donors (Lipinski definition) is 2. The summed E-state index contributed by atoms with van der Waals surface area (Å²) in [5, 5.41) is 5.36. The van der Waals surface area contributed by atoms with Gasteiger partial charge in [0, 0.05) is 38.8 Å². The number of nitrogens with one attached hydrogen (secondary N) is 1. The summed E-state index contributed by atoms with van der Waals surface area (Å²) in [6.45, 7) is 3.31. The minimum Gasteiger partial charge on any atom is -0.383 e. The van der Waals surface area contributed by atoms with Crippen molar-refractivity contribution in [3.63, 3.8) is 0 Å². The smallest absolute Gasteiger partial charge is 0.330 e. The van der Waals surface area contributed by atoms with Gasteiger partial charge in [-0.2, -0.15) is 5.10 Å². The van der Waals surface area contributed by atoms with Gasteiger partial charge in [-0.15, -0.1) is 0 Å². The summed E-state index contributed by atoms with van der Waals surface area (Å²) >= 11 is 0. The SMILES string of the molecule is COCCN(Cc1cnc2c(c1)c(C)nn2C)c1c(N)n(Cc2ccccc2)c(=O)[nH]c1=O. The molecule has 0 fully saturated rings. The fraction of sp³-hybridized carbons (Fsp3) is 0.304. The van der Waals surface area contributed by atoms with Gasteiger partial charge in [-0.25, -0.2) is 9.78 Å². The lowest BCUT2D eigenvalue weighted by molar-refractivity contribution is 0.205. The van der Waals surface area contributed by atoms with Gasteiger partial charge < -0.3 is 15.4 Å². The van der Waals surface area contributed by atoms with Crippen LogP contribution >= 0.6 is 0 Å². The number of aromatic amines is 1. The van der Waals surface area contributed by atoms with E-state index in [9.17, 15) is 9.59 Å². The van der Waals surface area contributed by atoms with Crippen LogP contribution in [0.15, 0.2) is 52.2 Å². The number of hydrogen-bond acceptors (Lipinski definition) is 7. The third-order valence-corrected chi connectivity index (χ3v) is 5.57. The molecule has 0 radical (unpaired) electrons. The topological polar surface area (TPSA) is 124 Å². The second-order valence-electron chi connectivity index (χ2n) is 7.90. The van der Waals surface area contributed by atoms with Crippen LogP contribution in [-0.4, -0.2) is 44.6 Å². The van der Waals surface area contributed by atoms with Gasteiger partial charge in [0.2, 0.25) is 0 Å². The number of fused-ring (bicyclic) bond motifs is 1. The summed E-state index contributed by atoms with van der Waals surface area (Å²) in [6, 6.07) is 11.5. The predicted octanol–water partition coefficient (Wildman–Crippen LogP) is 1.41. The minimum absolute atomic E-state index is 0.107. The van der Waals surface area contributed by atoms with Crippen molar-refractivity contribution in [2.45, 2.75) is 20.0 Å². The fourth-order valence-electron chi connectivity index (χ4n) is 3.94. The van der Waals surface area contributed by atoms with Crippen molar-refractivity contribution in [1.82, 2.24) is 24.3 Å². The van der Waals surface area contributed by atoms with E-state index in [0.29, 0.717) is 19.7 Å². The Labute approximate surface area is 190 Å². The van der Waals surface area contributed by atoms with E-state index >= 15 is 0 Å². The normalized spacial score (nSPS) is 11.2. The number of H-pyrrole nitrogens is 1. The summed E-state index contributed by atoms with van der Waals surface area (Å²) < 4.78 is 8.37. The first kappa shape index (κ1) is 22.3. The average Bonchev–Trinajstić information content (AvgIpc) is 3.08. The Morgan fingerprint density at radius 3 is 2.67 bits per heavy atom. The number of ether oxygens (including phenoxy) is 1. The first-order valence-corrected chi connectivity index (χ1v) is 10.6. The largest absolute Gasteiger partial charge is 0.383 e. The molecule has 0 amide bonds. The second kappa shape index (κ2) is 9.29. The predicted molar refractivity (Wildman–Crippen MR) is 127 cm³/mol. The maximum atomic E-state index is 12.9. The van der Waals surface area contributed by atoms with E-state index in [1.165, 1.54) is 4.57 Å². The molecule has 10 heteroatoms. The maximum absolute atomic E-state index is 12.9. The van der Waals surface area contributed by atoms with Crippen LogP contribution in [-0.2, 0) is 24.9 Å². The quantitative estimate of drug-likeness (QED) is 0.417. The average molecular weight is 450 g/mol. The number of benzene rings is 1. The van der Waals surface area contributed by atoms with E-state index in [1.807, 2.05) is 55.3 Å². The van der Waals surface area contributed by atoms with E-state index in [-0.39, 0.29) is 18.1 Å². The van der Waals surface area contributed by atoms with Crippen molar-refractivity contribution in [3.8, 4) is 0 Å². The molecule has 3 N–H and O–H groups in total. The molecule has 0 aliphatic heterocycles. The number of methoxy groups -OCH3 is 1. The van der Waals surface area contributed by atoms with E-state index in [0.717, 1.165) is 27.9 Å². The monoisotopic (exact) mass is 449 g/mol. The number of pyridine rings is 1. The highest BCUT2D eigenvalue weighted by molar-refractivity contribution is 5.78. The lowest BCUT2D eigenvalue weighted by Crippen LogP contribution is -2.39. The molecule has 0 bridgehead atoms. The third kappa shape index (κ3) is 4.51. The van der Waals surface area contributed by atoms with Gasteiger partial charge in [-0.1, -0.05) is 30.3 Å². The molecule has 10 nitrogen and oxygen atoms in total. The first-order valence-electron chi connectivity index (χ1n) is 10.6. The summed E-state index contributed by atoms with van der Waals surface area (Å²) in [5.41, 5.74) is 8.99. The molecular weight excluding hydrogens is 422 g/mol. The molecule has 0 spiro atoms. The molecule has 33 heavy (non-hydrogen) atoms. The number of nitrogens with two attached hydrogens (primary N) is 1. The van der Waals surface area contributed by atoms with Gasteiger partial charge >= 0.3 is 5.69 Å². The van der Waals surface area contributed by atoms with Gasteiger partial charge in [0.25, 0.3) is 5.56 Å². The minimum atomic E-state index is -0.550. The summed E-state index contributed by atoms with van der Waals surface area (Å²) in [6.07, 6.45) is 1.76. The first-order chi connectivity index (χ1) is 15.9. The number of rotatable bonds is 8. The van der Waals surface area contributed by atoms with Crippen molar-refractivity contribution in [2.75, 3.05) is 30.9 Å². The van der Waals surface area contributed by atoms with Crippen LogP contribution in [0, 0.1) is 6.92 Å². The van der Waals surface area contributed by atoms with Gasteiger partial charge in [-0.05, 0) is 24.1 Å². The van der Waals surface area contributed by atoms with Gasteiger partial charge in [0.15, 0.2) is 5.65 Å². The Bertz CT molecular complexity index is 1390. The number of aromatic nitrogens is 5. The van der Waals surface area contributed by atoms with Crippen LogP contribution in [0.5, 0.6) is 0 Å². The zero-order valence-electron chi connectivity index (χ0n) is 18.9. The van der Waals surface area contributed by atoms with Crippen LogP contribution in [0.4, 0.5) is 11.5 Å². The van der Waals surface area contributed by atoms with Gasteiger partial charge in [-0.3, -0.25) is 19.0 Å². The molecule has 0 aliphatic carbocycles. The molecule has 1 aromatic carbocycles. The molecule has 4 rings (SSSR count). The molecule has 3 aromatic heterocycles. The van der Waals surface area contributed by atoms with Crippen LogP contribution in [0.25, 0.3) is 11.0 Å². The number of nitrogen functional groups attached to an aromatic ring is 1.